The van der Waals surface area contributed by atoms with Crippen LogP contribution in [0.3, 0.4) is 0 Å². The van der Waals surface area contributed by atoms with E-state index in [9.17, 15) is 9.59 Å². The lowest BCUT2D eigenvalue weighted by molar-refractivity contribution is -0.122. The van der Waals surface area contributed by atoms with E-state index in [1.807, 2.05) is 30.3 Å². The Bertz CT molecular complexity index is 1160. The van der Waals surface area contributed by atoms with Crippen LogP contribution in [0.4, 0.5) is 10.8 Å². The van der Waals surface area contributed by atoms with Gasteiger partial charge in [-0.25, -0.2) is 4.98 Å². The maximum absolute atomic E-state index is 12.9. The minimum absolute atomic E-state index is 0.0580. The van der Waals surface area contributed by atoms with Gasteiger partial charge in [-0.3, -0.25) is 14.5 Å². The normalized spacial score (nSPS) is 19.2. The molecule has 2 amide bonds. The number of fused-ring (bicyclic) bond motifs is 1. The van der Waals surface area contributed by atoms with Gasteiger partial charge < -0.3 is 19.7 Å². The third kappa shape index (κ3) is 4.85. The molecule has 2 fully saturated rings. The summed E-state index contributed by atoms with van der Waals surface area (Å²) >= 11 is 1.46. The van der Waals surface area contributed by atoms with E-state index in [0.717, 1.165) is 54.5 Å². The van der Waals surface area contributed by atoms with Gasteiger partial charge in [-0.1, -0.05) is 17.4 Å². The molecule has 2 saturated heterocycles. The number of hydrogen-bond donors (Lipinski definition) is 1. The Labute approximate surface area is 196 Å². The average molecular weight is 467 g/mol. The molecule has 2 aromatic carbocycles. The fraction of sp³-hybridized carbons (Fsp3) is 0.375. The molecule has 0 aliphatic carbocycles. The number of carbonyl (C=O) groups is 2. The highest BCUT2D eigenvalue weighted by atomic mass is 32.1. The highest BCUT2D eigenvalue weighted by Gasteiger charge is 2.35. The van der Waals surface area contributed by atoms with Crippen molar-refractivity contribution in [2.45, 2.75) is 13.0 Å². The minimum Gasteiger partial charge on any atom is -0.497 e. The number of methoxy groups -OCH3 is 1. The van der Waals surface area contributed by atoms with Gasteiger partial charge in [0.15, 0.2) is 5.13 Å². The van der Waals surface area contributed by atoms with Gasteiger partial charge in [0.1, 0.15) is 5.75 Å². The fourth-order valence-corrected chi connectivity index (χ4v) is 5.17. The summed E-state index contributed by atoms with van der Waals surface area (Å²) in [5.41, 5.74) is 2.86. The standard InChI is InChI=1S/C24H26N4O4S/c1-31-19-5-3-18(4-6-19)28-15-17(13-22(28)29)23(30)26-24-25-20-7-2-16(12-21(20)33-24)14-27-8-10-32-11-9-27/h2-7,12,17H,8-11,13-15H2,1H3,(H,25,26,30). The Morgan fingerprint density at radius 2 is 2.00 bits per heavy atom. The van der Waals surface area contributed by atoms with Gasteiger partial charge in [0.05, 0.1) is 36.5 Å². The first kappa shape index (κ1) is 21.8. The van der Waals surface area contributed by atoms with Crippen LogP contribution in [0.2, 0.25) is 0 Å². The third-order valence-electron chi connectivity index (χ3n) is 6.07. The number of morpholine rings is 1. The summed E-state index contributed by atoms with van der Waals surface area (Å²) in [6.07, 6.45) is 0.187. The number of anilines is 2. The SMILES string of the molecule is COc1ccc(N2CC(C(=O)Nc3nc4ccc(CN5CCOCC5)cc4s3)CC2=O)cc1. The van der Waals surface area contributed by atoms with E-state index in [2.05, 4.69) is 27.3 Å². The number of carbonyl (C=O) groups excluding carboxylic acids is 2. The van der Waals surface area contributed by atoms with Crippen LogP contribution in [0.5, 0.6) is 5.75 Å². The zero-order chi connectivity index (χ0) is 22.8. The lowest BCUT2D eigenvalue weighted by Gasteiger charge is -2.26. The van der Waals surface area contributed by atoms with Gasteiger partial charge in [0.2, 0.25) is 11.8 Å². The van der Waals surface area contributed by atoms with E-state index in [0.29, 0.717) is 11.7 Å². The van der Waals surface area contributed by atoms with E-state index < -0.39 is 5.92 Å². The molecule has 2 aliphatic heterocycles. The molecule has 9 heteroatoms. The van der Waals surface area contributed by atoms with Crippen LogP contribution in [-0.4, -0.2) is 61.7 Å². The molecule has 1 aromatic heterocycles. The van der Waals surface area contributed by atoms with Crippen molar-refractivity contribution in [3.8, 4) is 5.75 Å². The largest absolute Gasteiger partial charge is 0.497 e. The number of thiazole rings is 1. The molecule has 1 atom stereocenters. The number of nitrogens with one attached hydrogen (secondary N) is 1. The second-order valence-electron chi connectivity index (χ2n) is 8.30. The van der Waals surface area contributed by atoms with Crippen LogP contribution in [0.25, 0.3) is 10.2 Å². The molecule has 8 nitrogen and oxygen atoms in total. The predicted octanol–water partition coefficient (Wildman–Crippen LogP) is 3.13. The highest BCUT2D eigenvalue weighted by molar-refractivity contribution is 7.22. The monoisotopic (exact) mass is 466 g/mol. The predicted molar refractivity (Wildman–Crippen MR) is 128 cm³/mol. The molecule has 5 rings (SSSR count). The smallest absolute Gasteiger partial charge is 0.231 e. The van der Waals surface area contributed by atoms with E-state index >= 15 is 0 Å². The second-order valence-corrected chi connectivity index (χ2v) is 9.33. The molecule has 3 heterocycles. The summed E-state index contributed by atoms with van der Waals surface area (Å²) in [6.45, 7) is 4.67. The summed E-state index contributed by atoms with van der Waals surface area (Å²) in [4.78, 5) is 34.0. The Kier molecular flexibility index (Phi) is 6.26. The molecule has 0 bridgehead atoms. The number of rotatable bonds is 6. The number of hydrogen-bond acceptors (Lipinski definition) is 7. The first-order valence-electron chi connectivity index (χ1n) is 11.0. The zero-order valence-electron chi connectivity index (χ0n) is 18.5. The van der Waals surface area contributed by atoms with Crippen molar-refractivity contribution in [3.05, 3.63) is 48.0 Å². The molecular weight excluding hydrogens is 440 g/mol. The first-order chi connectivity index (χ1) is 16.1. The Balaban J connectivity index is 1.23. The summed E-state index contributed by atoms with van der Waals surface area (Å²) in [5, 5.41) is 3.49. The van der Waals surface area contributed by atoms with E-state index in [1.165, 1.54) is 16.9 Å². The van der Waals surface area contributed by atoms with Crippen LogP contribution in [0.1, 0.15) is 12.0 Å². The molecule has 2 aliphatic rings. The van der Waals surface area contributed by atoms with Crippen molar-refractivity contribution in [2.75, 3.05) is 50.2 Å². The maximum Gasteiger partial charge on any atom is 0.231 e. The van der Waals surface area contributed by atoms with Crippen molar-refractivity contribution >= 4 is 44.2 Å². The average Bonchev–Trinajstić information content (AvgIpc) is 3.42. The quantitative estimate of drug-likeness (QED) is 0.601. The third-order valence-corrected chi connectivity index (χ3v) is 7.01. The summed E-state index contributed by atoms with van der Waals surface area (Å²) in [5.74, 6) is 0.0800. The highest BCUT2D eigenvalue weighted by Crippen LogP contribution is 2.30. The maximum atomic E-state index is 12.9. The van der Waals surface area contributed by atoms with E-state index in [-0.39, 0.29) is 18.2 Å². The van der Waals surface area contributed by atoms with Gasteiger partial charge in [0, 0.05) is 38.3 Å². The molecule has 0 spiro atoms. The number of amides is 2. The Hall–Kier alpha value is -3.01. The summed E-state index contributed by atoms with van der Waals surface area (Å²) < 4.78 is 11.6. The lowest BCUT2D eigenvalue weighted by Crippen LogP contribution is -2.35. The molecule has 172 valence electrons. The lowest BCUT2D eigenvalue weighted by atomic mass is 10.1. The molecule has 0 radical (unpaired) electrons. The molecule has 1 unspecified atom stereocenters. The van der Waals surface area contributed by atoms with Gasteiger partial charge in [0.25, 0.3) is 0 Å². The summed E-state index contributed by atoms with van der Waals surface area (Å²) in [6, 6.07) is 13.5. The van der Waals surface area contributed by atoms with Gasteiger partial charge in [-0.05, 0) is 42.0 Å². The van der Waals surface area contributed by atoms with Crippen molar-refractivity contribution in [1.29, 1.82) is 0 Å². The van der Waals surface area contributed by atoms with Gasteiger partial charge in [-0.2, -0.15) is 0 Å². The summed E-state index contributed by atoms with van der Waals surface area (Å²) in [7, 11) is 1.60. The van der Waals surface area contributed by atoms with Crippen molar-refractivity contribution in [1.82, 2.24) is 9.88 Å². The van der Waals surface area contributed by atoms with Gasteiger partial charge in [-0.15, -0.1) is 0 Å². The van der Waals surface area contributed by atoms with Crippen LogP contribution < -0.4 is 15.0 Å². The van der Waals surface area contributed by atoms with Crippen molar-refractivity contribution in [2.24, 2.45) is 5.92 Å². The van der Waals surface area contributed by atoms with Crippen LogP contribution in [0.15, 0.2) is 42.5 Å². The van der Waals surface area contributed by atoms with Gasteiger partial charge >= 0.3 is 0 Å². The van der Waals surface area contributed by atoms with Crippen molar-refractivity contribution in [3.63, 3.8) is 0 Å². The Morgan fingerprint density at radius 3 is 2.76 bits per heavy atom. The van der Waals surface area contributed by atoms with Crippen molar-refractivity contribution < 1.29 is 19.1 Å². The number of ether oxygens (including phenoxy) is 2. The van der Waals surface area contributed by atoms with Crippen LogP contribution >= 0.6 is 11.3 Å². The Morgan fingerprint density at radius 1 is 1.21 bits per heavy atom. The number of nitrogens with zero attached hydrogens (tertiary/aromatic N) is 3. The minimum atomic E-state index is -0.413. The fourth-order valence-electron chi connectivity index (χ4n) is 4.24. The molecule has 33 heavy (non-hydrogen) atoms. The molecular formula is C24H26N4O4S. The number of benzene rings is 2. The second kappa shape index (κ2) is 9.46. The zero-order valence-corrected chi connectivity index (χ0v) is 19.3. The van der Waals surface area contributed by atoms with Crippen LogP contribution in [0, 0.1) is 5.92 Å². The topological polar surface area (TPSA) is 84.0 Å². The van der Waals surface area contributed by atoms with E-state index in [1.54, 1.807) is 12.0 Å². The molecule has 0 saturated carbocycles. The first-order valence-corrected chi connectivity index (χ1v) is 11.9. The molecule has 3 aromatic rings. The number of aromatic nitrogens is 1. The molecule has 1 N–H and O–H groups in total. The van der Waals surface area contributed by atoms with E-state index in [4.69, 9.17) is 9.47 Å². The van der Waals surface area contributed by atoms with Crippen LogP contribution in [-0.2, 0) is 20.9 Å².